The zero-order chi connectivity index (χ0) is 21.7. The maximum Gasteiger partial charge on any atom is 0.417 e. The highest BCUT2D eigenvalue weighted by molar-refractivity contribution is 7.12. The van der Waals surface area contributed by atoms with Crippen LogP contribution in [0, 0.1) is 0 Å². The van der Waals surface area contributed by atoms with Crippen LogP contribution >= 0.6 is 11.3 Å². The van der Waals surface area contributed by atoms with Crippen LogP contribution < -0.4 is 10.2 Å². The van der Waals surface area contributed by atoms with E-state index in [0.29, 0.717) is 42.6 Å². The maximum absolute atomic E-state index is 12.7. The maximum atomic E-state index is 12.7. The Morgan fingerprint density at radius 3 is 2.67 bits per heavy atom. The van der Waals surface area contributed by atoms with E-state index in [1.807, 2.05) is 9.80 Å². The highest BCUT2D eigenvalue weighted by atomic mass is 32.1. The first-order valence-electron chi connectivity index (χ1n) is 9.24. The number of carbonyl (C=O) groups is 2. The predicted molar refractivity (Wildman–Crippen MR) is 107 cm³/mol. The largest absolute Gasteiger partial charge is 0.465 e. The predicted octanol–water partition coefficient (Wildman–Crippen LogP) is 3.10. The number of ether oxygens (including phenoxy) is 1. The summed E-state index contributed by atoms with van der Waals surface area (Å²) in [6.45, 7) is 2.54. The lowest BCUT2D eigenvalue weighted by Gasteiger charge is -2.22. The van der Waals surface area contributed by atoms with Gasteiger partial charge in [0.15, 0.2) is 0 Å². The molecule has 0 atom stereocenters. The summed E-state index contributed by atoms with van der Waals surface area (Å²) in [5.41, 5.74) is -0.360. The van der Waals surface area contributed by atoms with E-state index >= 15 is 0 Å². The van der Waals surface area contributed by atoms with Crippen LogP contribution in [0.5, 0.6) is 0 Å². The van der Waals surface area contributed by atoms with Gasteiger partial charge in [0.2, 0.25) is 5.91 Å². The van der Waals surface area contributed by atoms with Gasteiger partial charge in [-0.05, 0) is 30.0 Å². The second-order valence-corrected chi connectivity index (χ2v) is 7.64. The lowest BCUT2D eigenvalue weighted by Crippen LogP contribution is -2.36. The van der Waals surface area contributed by atoms with Crippen molar-refractivity contribution in [3.63, 3.8) is 0 Å². The summed E-state index contributed by atoms with van der Waals surface area (Å²) in [6.07, 6.45) is -2.84. The third-order valence-corrected chi connectivity index (χ3v) is 5.56. The second kappa shape index (κ2) is 9.43. The highest BCUT2D eigenvalue weighted by Crippen LogP contribution is 2.29. The van der Waals surface area contributed by atoms with Gasteiger partial charge in [-0.1, -0.05) is 0 Å². The molecule has 7 nitrogen and oxygen atoms in total. The Bertz CT molecular complexity index is 886. The average molecular weight is 442 g/mol. The molecule has 1 aliphatic heterocycles. The minimum atomic E-state index is -4.41. The quantitative estimate of drug-likeness (QED) is 0.718. The molecular weight excluding hydrogens is 421 g/mol. The Kier molecular flexibility index (Phi) is 6.93. The van der Waals surface area contributed by atoms with Crippen molar-refractivity contribution in [2.75, 3.05) is 50.1 Å². The van der Waals surface area contributed by atoms with Gasteiger partial charge in [-0.3, -0.25) is 9.69 Å². The molecule has 0 aliphatic carbocycles. The van der Waals surface area contributed by atoms with Gasteiger partial charge >= 0.3 is 12.1 Å². The number of esters is 1. The van der Waals surface area contributed by atoms with E-state index in [9.17, 15) is 22.8 Å². The Hall–Kier alpha value is -2.66. The molecule has 1 fully saturated rings. The summed E-state index contributed by atoms with van der Waals surface area (Å²) in [6, 6.07) is 4.05. The summed E-state index contributed by atoms with van der Waals surface area (Å²) in [7, 11) is 1.28. The number of thiophene rings is 1. The van der Waals surface area contributed by atoms with Gasteiger partial charge in [0.05, 0.1) is 24.9 Å². The zero-order valence-electron chi connectivity index (χ0n) is 16.2. The monoisotopic (exact) mass is 442 g/mol. The Labute approximate surface area is 175 Å². The number of methoxy groups -OCH3 is 1. The van der Waals surface area contributed by atoms with Gasteiger partial charge in [0, 0.05) is 32.4 Å². The number of pyridine rings is 1. The van der Waals surface area contributed by atoms with Crippen LogP contribution in [0.25, 0.3) is 0 Å². The number of carbonyl (C=O) groups excluding carboxylic acids is 2. The van der Waals surface area contributed by atoms with Crippen LogP contribution in [0.2, 0.25) is 0 Å². The van der Waals surface area contributed by atoms with Crippen molar-refractivity contribution in [1.82, 2.24) is 9.88 Å². The second-order valence-electron chi connectivity index (χ2n) is 6.72. The molecule has 0 unspecified atom stereocenters. The van der Waals surface area contributed by atoms with Crippen molar-refractivity contribution in [3.8, 4) is 0 Å². The first kappa shape index (κ1) is 22.0. The number of alkyl halides is 3. The van der Waals surface area contributed by atoms with Crippen molar-refractivity contribution < 1.29 is 27.5 Å². The van der Waals surface area contributed by atoms with Gasteiger partial charge < -0.3 is 15.0 Å². The van der Waals surface area contributed by atoms with E-state index < -0.39 is 17.7 Å². The third-order valence-electron chi connectivity index (χ3n) is 4.67. The molecule has 11 heteroatoms. The average Bonchev–Trinajstić information content (AvgIpc) is 3.04. The summed E-state index contributed by atoms with van der Waals surface area (Å²) in [5, 5.41) is 4.43. The van der Waals surface area contributed by atoms with E-state index in [2.05, 4.69) is 10.3 Å². The minimum absolute atomic E-state index is 0.144. The molecule has 1 N–H and O–H groups in total. The van der Waals surface area contributed by atoms with Gasteiger partial charge in [-0.2, -0.15) is 13.2 Å². The lowest BCUT2D eigenvalue weighted by atomic mass is 10.2. The number of hydrogen-bond acceptors (Lipinski definition) is 7. The molecule has 0 spiro atoms. The van der Waals surface area contributed by atoms with E-state index in [4.69, 9.17) is 4.74 Å². The summed E-state index contributed by atoms with van der Waals surface area (Å²) < 4.78 is 42.8. The number of aromatic nitrogens is 1. The molecule has 1 amide bonds. The first-order chi connectivity index (χ1) is 14.3. The molecule has 0 bridgehead atoms. The van der Waals surface area contributed by atoms with Crippen LogP contribution in [-0.2, 0) is 15.7 Å². The van der Waals surface area contributed by atoms with Crippen LogP contribution in [0.4, 0.5) is 24.7 Å². The van der Waals surface area contributed by atoms with Crippen LogP contribution in [0.3, 0.4) is 0 Å². The van der Waals surface area contributed by atoms with E-state index in [1.165, 1.54) is 24.5 Å². The third kappa shape index (κ3) is 5.48. The first-order valence-corrected chi connectivity index (χ1v) is 10.1. The standard InChI is InChI=1S/C19H21F3N4O3S/c1-29-18(28)17-14(5-10-30-17)24-16(27)12-25-6-2-7-26(9-8-25)15-4-3-13(11-23-15)19(20,21)22/h3-5,10-11H,2,6-9,12H2,1H3,(H,24,27). The van der Waals surface area contributed by atoms with Crippen LogP contribution in [-0.4, -0.2) is 61.6 Å². The molecule has 0 saturated carbocycles. The fourth-order valence-electron chi connectivity index (χ4n) is 3.15. The SMILES string of the molecule is COC(=O)c1sccc1NC(=O)CN1CCCN(c2ccc(C(F)(F)F)cn2)CC1. The van der Waals surface area contributed by atoms with Gasteiger partial charge in [-0.15, -0.1) is 11.3 Å². The fraction of sp³-hybridized carbons (Fsp3) is 0.421. The van der Waals surface area contributed by atoms with Crippen LogP contribution in [0.15, 0.2) is 29.8 Å². The molecule has 0 radical (unpaired) electrons. The number of nitrogens with one attached hydrogen (secondary N) is 1. The lowest BCUT2D eigenvalue weighted by molar-refractivity contribution is -0.137. The molecule has 162 valence electrons. The molecule has 2 aromatic heterocycles. The molecule has 3 rings (SSSR count). The summed E-state index contributed by atoms with van der Waals surface area (Å²) in [4.78, 5) is 32.3. The molecule has 2 aromatic rings. The normalized spacial score (nSPS) is 15.5. The Morgan fingerprint density at radius 2 is 2.00 bits per heavy atom. The zero-order valence-corrected chi connectivity index (χ0v) is 17.1. The van der Waals surface area contributed by atoms with Gasteiger partial charge in [0.25, 0.3) is 0 Å². The molecule has 1 saturated heterocycles. The number of amides is 1. The molecule has 1 aliphatic rings. The molecule has 0 aromatic carbocycles. The van der Waals surface area contributed by atoms with E-state index in [1.54, 1.807) is 11.4 Å². The smallest absolute Gasteiger partial charge is 0.417 e. The van der Waals surface area contributed by atoms with Crippen molar-refractivity contribution in [1.29, 1.82) is 0 Å². The molecule has 3 heterocycles. The van der Waals surface area contributed by atoms with Crippen molar-refractivity contribution in [3.05, 3.63) is 40.2 Å². The molecule has 30 heavy (non-hydrogen) atoms. The number of nitrogens with zero attached hydrogens (tertiary/aromatic N) is 3. The number of rotatable bonds is 5. The van der Waals surface area contributed by atoms with Gasteiger partial charge in [-0.25, -0.2) is 9.78 Å². The fourth-order valence-corrected chi connectivity index (χ4v) is 3.92. The Morgan fingerprint density at radius 1 is 1.20 bits per heavy atom. The summed E-state index contributed by atoms with van der Waals surface area (Å²) in [5.74, 6) is -0.273. The van der Waals surface area contributed by atoms with Crippen molar-refractivity contribution in [2.45, 2.75) is 12.6 Å². The highest BCUT2D eigenvalue weighted by Gasteiger charge is 2.31. The van der Waals surface area contributed by atoms with Crippen molar-refractivity contribution in [2.24, 2.45) is 0 Å². The number of halogens is 3. The van der Waals surface area contributed by atoms with Crippen molar-refractivity contribution >= 4 is 34.7 Å². The number of hydrogen-bond donors (Lipinski definition) is 1. The van der Waals surface area contributed by atoms with Gasteiger partial charge in [0.1, 0.15) is 10.7 Å². The summed E-state index contributed by atoms with van der Waals surface area (Å²) >= 11 is 1.19. The van der Waals surface area contributed by atoms with Crippen LogP contribution in [0.1, 0.15) is 21.7 Å². The Balaban J connectivity index is 1.55. The molecular formula is C19H21F3N4O3S. The van der Waals surface area contributed by atoms with E-state index in [-0.39, 0.29) is 12.5 Å². The van der Waals surface area contributed by atoms with E-state index in [0.717, 1.165) is 18.7 Å². The number of anilines is 2. The topological polar surface area (TPSA) is 74.8 Å². The minimum Gasteiger partial charge on any atom is -0.465 e.